The summed E-state index contributed by atoms with van der Waals surface area (Å²) < 4.78 is 7.47. The van der Waals surface area contributed by atoms with Gasteiger partial charge in [0.05, 0.1) is 47.3 Å². The molecule has 3 aromatic heterocycles. The SMILES string of the molecule is CC(C)(O)COc1cc(-c2ccc(N3CC4CC(C3)N4OC3CC3)nc2)c2c(C#N)cnn2c1. The van der Waals surface area contributed by atoms with Crippen LogP contribution in [0.15, 0.2) is 36.8 Å². The van der Waals surface area contributed by atoms with Crippen LogP contribution in [0.3, 0.4) is 0 Å². The highest BCUT2D eigenvalue weighted by molar-refractivity contribution is 5.85. The minimum absolute atomic E-state index is 0.139. The highest BCUT2D eigenvalue weighted by Crippen LogP contribution is 2.38. The largest absolute Gasteiger partial charge is 0.489 e. The van der Waals surface area contributed by atoms with E-state index >= 15 is 0 Å². The van der Waals surface area contributed by atoms with Crippen LogP contribution in [-0.4, -0.2) is 68.3 Å². The Morgan fingerprint density at radius 2 is 2.00 bits per heavy atom. The number of aromatic nitrogens is 3. The smallest absolute Gasteiger partial charge is 0.138 e. The van der Waals surface area contributed by atoms with Crippen molar-refractivity contribution in [2.45, 2.75) is 56.9 Å². The molecule has 1 N–H and O–H groups in total. The van der Waals surface area contributed by atoms with Crippen LogP contribution in [0.1, 0.15) is 38.7 Å². The van der Waals surface area contributed by atoms with Crippen molar-refractivity contribution in [3.05, 3.63) is 42.4 Å². The molecular formula is C25H28N6O3. The van der Waals surface area contributed by atoms with E-state index in [4.69, 9.17) is 14.6 Å². The van der Waals surface area contributed by atoms with Gasteiger partial charge in [-0.2, -0.15) is 15.4 Å². The number of piperazine rings is 1. The highest BCUT2D eigenvalue weighted by atomic mass is 16.7. The van der Waals surface area contributed by atoms with Gasteiger partial charge in [0.1, 0.15) is 24.2 Å². The van der Waals surface area contributed by atoms with Gasteiger partial charge in [-0.05, 0) is 51.3 Å². The molecule has 2 atom stereocenters. The minimum atomic E-state index is -0.964. The molecule has 6 heterocycles. The summed E-state index contributed by atoms with van der Waals surface area (Å²) in [5.41, 5.74) is 1.92. The Kier molecular flexibility index (Phi) is 4.99. The van der Waals surface area contributed by atoms with Crippen LogP contribution in [0.25, 0.3) is 16.6 Å². The predicted molar refractivity (Wildman–Crippen MR) is 125 cm³/mol. The second-order valence-electron chi connectivity index (χ2n) is 10.2. The number of ether oxygens (including phenoxy) is 1. The second kappa shape index (κ2) is 7.94. The summed E-state index contributed by atoms with van der Waals surface area (Å²) >= 11 is 0. The zero-order valence-electron chi connectivity index (χ0n) is 19.4. The molecule has 4 fully saturated rings. The Morgan fingerprint density at radius 1 is 1.21 bits per heavy atom. The van der Waals surface area contributed by atoms with Gasteiger partial charge in [0.2, 0.25) is 0 Å². The summed E-state index contributed by atoms with van der Waals surface area (Å²) in [5.74, 6) is 1.51. The van der Waals surface area contributed by atoms with Crippen molar-refractivity contribution in [1.82, 2.24) is 19.7 Å². The van der Waals surface area contributed by atoms with Gasteiger partial charge in [0.25, 0.3) is 0 Å². The number of nitrogens with zero attached hydrogens (tertiary/aromatic N) is 6. The number of piperidine rings is 1. The summed E-state index contributed by atoms with van der Waals surface area (Å²) in [4.78, 5) is 13.2. The van der Waals surface area contributed by atoms with E-state index < -0.39 is 5.60 Å². The van der Waals surface area contributed by atoms with Crippen LogP contribution < -0.4 is 9.64 Å². The fourth-order valence-electron chi connectivity index (χ4n) is 4.75. The number of anilines is 1. The molecule has 1 aliphatic carbocycles. The van der Waals surface area contributed by atoms with E-state index in [1.807, 2.05) is 24.4 Å². The lowest BCUT2D eigenvalue weighted by Gasteiger charge is -2.55. The lowest BCUT2D eigenvalue weighted by atomic mass is 9.90. The predicted octanol–water partition coefficient (Wildman–Crippen LogP) is 2.77. The van der Waals surface area contributed by atoms with Gasteiger partial charge in [-0.25, -0.2) is 9.50 Å². The second-order valence-corrected chi connectivity index (χ2v) is 10.2. The molecule has 3 aliphatic heterocycles. The van der Waals surface area contributed by atoms with E-state index in [1.54, 1.807) is 30.8 Å². The molecule has 2 unspecified atom stereocenters. The number of rotatable bonds is 7. The first kappa shape index (κ1) is 21.4. The summed E-state index contributed by atoms with van der Waals surface area (Å²) in [5, 5.41) is 26.2. The Hall–Kier alpha value is -3.19. The lowest BCUT2D eigenvalue weighted by molar-refractivity contribution is -0.277. The fourth-order valence-corrected chi connectivity index (χ4v) is 4.75. The van der Waals surface area contributed by atoms with Crippen molar-refractivity contribution in [3.63, 3.8) is 0 Å². The Bertz CT molecular complexity index is 1240. The molecule has 1 saturated carbocycles. The molecule has 9 nitrogen and oxygen atoms in total. The Balaban J connectivity index is 1.26. The maximum absolute atomic E-state index is 10.0. The summed E-state index contributed by atoms with van der Waals surface area (Å²) in [6.45, 7) is 5.36. The lowest BCUT2D eigenvalue weighted by Crippen LogP contribution is -2.68. The first-order valence-electron chi connectivity index (χ1n) is 11.8. The molecule has 176 valence electrons. The number of fused-ring (bicyclic) bond motifs is 3. The number of hydrogen-bond donors (Lipinski definition) is 1. The van der Waals surface area contributed by atoms with Gasteiger partial charge in [-0.3, -0.25) is 4.84 Å². The van der Waals surface area contributed by atoms with Gasteiger partial charge in [-0.15, -0.1) is 0 Å². The number of pyridine rings is 2. The molecule has 4 aliphatic rings. The third kappa shape index (κ3) is 3.98. The maximum atomic E-state index is 10.0. The van der Waals surface area contributed by atoms with E-state index in [9.17, 15) is 10.4 Å². The molecule has 9 heteroatoms. The molecular weight excluding hydrogens is 432 g/mol. The molecule has 34 heavy (non-hydrogen) atoms. The van der Waals surface area contributed by atoms with Crippen LogP contribution in [-0.2, 0) is 4.84 Å². The Labute approximate surface area is 198 Å². The normalized spacial score (nSPS) is 22.5. The van der Waals surface area contributed by atoms with Crippen molar-refractivity contribution in [1.29, 1.82) is 5.26 Å². The van der Waals surface area contributed by atoms with Gasteiger partial charge in [0.15, 0.2) is 0 Å². The summed E-state index contributed by atoms with van der Waals surface area (Å²) in [7, 11) is 0. The number of nitriles is 1. The van der Waals surface area contributed by atoms with Gasteiger partial charge < -0.3 is 14.7 Å². The third-order valence-corrected chi connectivity index (χ3v) is 6.60. The topological polar surface area (TPSA) is 99.1 Å². The quantitative estimate of drug-likeness (QED) is 0.575. The van der Waals surface area contributed by atoms with Crippen molar-refractivity contribution in [2.75, 3.05) is 24.6 Å². The van der Waals surface area contributed by atoms with E-state index in [0.717, 1.165) is 30.0 Å². The molecule has 0 spiro atoms. The van der Waals surface area contributed by atoms with Crippen molar-refractivity contribution in [2.24, 2.45) is 0 Å². The standard InChI is InChI=1S/C25H28N6O3/c1-25(2,32)15-33-21-8-22(24-17(9-26)11-28-30(24)14-21)16-3-6-23(27-10-16)29-12-18-7-19(13-29)31(18)34-20-4-5-20/h3,6,8,10-11,14,18-20,32H,4-5,7,12-13,15H2,1-2H3. The van der Waals surface area contributed by atoms with E-state index in [1.165, 1.54) is 19.3 Å². The molecule has 0 aromatic carbocycles. The number of hydroxylamine groups is 2. The summed E-state index contributed by atoms with van der Waals surface area (Å²) in [6.07, 6.45) is 9.12. The zero-order chi connectivity index (χ0) is 23.4. The highest BCUT2D eigenvalue weighted by Gasteiger charge is 2.48. The van der Waals surface area contributed by atoms with Gasteiger partial charge in [-0.1, -0.05) is 0 Å². The monoisotopic (exact) mass is 460 g/mol. The van der Waals surface area contributed by atoms with E-state index in [0.29, 0.717) is 35.0 Å². The Morgan fingerprint density at radius 3 is 2.65 bits per heavy atom. The minimum Gasteiger partial charge on any atom is -0.489 e. The molecule has 2 bridgehead atoms. The van der Waals surface area contributed by atoms with Crippen molar-refractivity contribution >= 4 is 11.3 Å². The van der Waals surface area contributed by atoms with Gasteiger partial charge >= 0.3 is 0 Å². The van der Waals surface area contributed by atoms with Gasteiger partial charge in [0, 0.05) is 30.4 Å². The molecule has 0 radical (unpaired) electrons. The van der Waals surface area contributed by atoms with Crippen LogP contribution in [0.2, 0.25) is 0 Å². The molecule has 7 rings (SSSR count). The first-order valence-corrected chi connectivity index (χ1v) is 11.8. The summed E-state index contributed by atoms with van der Waals surface area (Å²) in [6, 6.07) is 9.05. The average Bonchev–Trinajstić information content (AvgIpc) is 3.57. The van der Waals surface area contributed by atoms with Crippen LogP contribution in [0.5, 0.6) is 5.75 Å². The molecule has 3 saturated heterocycles. The number of aliphatic hydroxyl groups is 1. The van der Waals surface area contributed by atoms with Crippen LogP contribution in [0, 0.1) is 11.3 Å². The molecule has 0 amide bonds. The molecule has 3 aromatic rings. The van der Waals surface area contributed by atoms with E-state index in [2.05, 4.69) is 21.1 Å². The van der Waals surface area contributed by atoms with E-state index in [-0.39, 0.29) is 6.61 Å². The third-order valence-electron chi connectivity index (χ3n) is 6.60. The fraction of sp³-hybridized carbons (Fsp3) is 0.480. The zero-order valence-corrected chi connectivity index (χ0v) is 19.4. The van der Waals surface area contributed by atoms with Crippen LogP contribution >= 0.6 is 0 Å². The number of hydrogen-bond acceptors (Lipinski definition) is 8. The van der Waals surface area contributed by atoms with Crippen molar-refractivity contribution in [3.8, 4) is 22.9 Å². The average molecular weight is 461 g/mol. The van der Waals surface area contributed by atoms with Crippen LogP contribution in [0.4, 0.5) is 5.82 Å². The maximum Gasteiger partial charge on any atom is 0.138 e. The first-order chi connectivity index (χ1) is 16.4. The van der Waals surface area contributed by atoms with Crippen molar-refractivity contribution < 1.29 is 14.7 Å².